The van der Waals surface area contributed by atoms with E-state index in [2.05, 4.69) is 9.97 Å². The molecule has 0 aliphatic carbocycles. The Bertz CT molecular complexity index is 685. The summed E-state index contributed by atoms with van der Waals surface area (Å²) in [6, 6.07) is 1.82. The summed E-state index contributed by atoms with van der Waals surface area (Å²) >= 11 is 0. The van der Waals surface area contributed by atoms with Gasteiger partial charge in [-0.2, -0.15) is 4.98 Å². The summed E-state index contributed by atoms with van der Waals surface area (Å²) in [6.07, 6.45) is 1.20. The number of ether oxygens (including phenoxy) is 1. The highest BCUT2D eigenvalue weighted by Gasteiger charge is 2.34. The molecule has 0 radical (unpaired) electrons. The van der Waals surface area contributed by atoms with Crippen molar-refractivity contribution in [2.24, 2.45) is 0 Å². The van der Waals surface area contributed by atoms with Crippen LogP contribution in [0.15, 0.2) is 10.9 Å². The third kappa shape index (κ3) is 2.82. The Kier molecular flexibility index (Phi) is 3.75. The SMILES string of the molecule is CC1COCCN1c1cc(C2CCCS2(=O)=O)[nH]c(=O)n1. The van der Waals surface area contributed by atoms with Gasteiger partial charge in [-0.15, -0.1) is 0 Å². The fourth-order valence-corrected chi connectivity index (χ4v) is 4.88. The summed E-state index contributed by atoms with van der Waals surface area (Å²) in [5.41, 5.74) is -0.0375. The maximum Gasteiger partial charge on any atom is 0.347 e. The molecule has 0 amide bonds. The number of anilines is 1. The zero-order chi connectivity index (χ0) is 15.0. The molecule has 1 N–H and O–H groups in total. The van der Waals surface area contributed by atoms with Crippen LogP contribution >= 0.6 is 0 Å². The fourth-order valence-electron chi connectivity index (χ4n) is 2.99. The van der Waals surface area contributed by atoms with Crippen molar-refractivity contribution in [2.75, 3.05) is 30.4 Å². The molecule has 8 heteroatoms. The minimum Gasteiger partial charge on any atom is -0.377 e. The zero-order valence-electron chi connectivity index (χ0n) is 11.9. The van der Waals surface area contributed by atoms with E-state index < -0.39 is 20.8 Å². The average Bonchev–Trinajstić information content (AvgIpc) is 2.78. The molecule has 2 atom stereocenters. The maximum atomic E-state index is 12.0. The van der Waals surface area contributed by atoms with E-state index in [4.69, 9.17) is 4.74 Å². The lowest BCUT2D eigenvalue weighted by Gasteiger charge is -2.34. The number of aromatic amines is 1. The van der Waals surface area contributed by atoms with Crippen LogP contribution in [-0.4, -0.2) is 49.9 Å². The molecule has 2 aliphatic heterocycles. The Morgan fingerprint density at radius 1 is 1.48 bits per heavy atom. The summed E-state index contributed by atoms with van der Waals surface area (Å²) in [5.74, 6) is 0.720. The van der Waals surface area contributed by atoms with Gasteiger partial charge < -0.3 is 14.6 Å². The van der Waals surface area contributed by atoms with E-state index in [9.17, 15) is 13.2 Å². The Labute approximate surface area is 123 Å². The molecular weight excluding hydrogens is 294 g/mol. The van der Waals surface area contributed by atoms with Gasteiger partial charge in [-0.05, 0) is 19.8 Å². The fraction of sp³-hybridized carbons (Fsp3) is 0.692. The first-order chi connectivity index (χ1) is 9.97. The molecule has 0 spiro atoms. The second-order valence-corrected chi connectivity index (χ2v) is 7.92. The first-order valence-corrected chi connectivity index (χ1v) is 8.86. The van der Waals surface area contributed by atoms with E-state index in [1.807, 2.05) is 11.8 Å². The molecule has 0 saturated carbocycles. The molecule has 0 aromatic carbocycles. The molecule has 2 aliphatic rings. The van der Waals surface area contributed by atoms with E-state index in [1.165, 1.54) is 0 Å². The van der Waals surface area contributed by atoms with E-state index >= 15 is 0 Å². The highest BCUT2D eigenvalue weighted by molar-refractivity contribution is 7.91. The van der Waals surface area contributed by atoms with Crippen LogP contribution in [0.4, 0.5) is 5.82 Å². The van der Waals surface area contributed by atoms with Gasteiger partial charge >= 0.3 is 5.69 Å². The Morgan fingerprint density at radius 2 is 2.29 bits per heavy atom. The van der Waals surface area contributed by atoms with E-state index in [1.54, 1.807) is 6.07 Å². The summed E-state index contributed by atoms with van der Waals surface area (Å²) in [6.45, 7) is 3.80. The van der Waals surface area contributed by atoms with Gasteiger partial charge in [-0.25, -0.2) is 13.2 Å². The summed E-state index contributed by atoms with van der Waals surface area (Å²) in [5, 5.41) is -0.608. The molecule has 1 aromatic rings. The van der Waals surface area contributed by atoms with Crippen molar-refractivity contribution in [3.8, 4) is 0 Å². The van der Waals surface area contributed by atoms with Crippen LogP contribution in [0.25, 0.3) is 0 Å². The molecule has 21 heavy (non-hydrogen) atoms. The number of nitrogens with one attached hydrogen (secondary N) is 1. The highest BCUT2D eigenvalue weighted by Crippen LogP contribution is 2.34. The van der Waals surface area contributed by atoms with Crippen LogP contribution in [-0.2, 0) is 14.6 Å². The van der Waals surface area contributed by atoms with Crippen molar-refractivity contribution in [1.29, 1.82) is 0 Å². The first kappa shape index (κ1) is 14.5. The Balaban J connectivity index is 1.98. The number of sulfone groups is 1. The minimum absolute atomic E-state index is 0.112. The zero-order valence-corrected chi connectivity index (χ0v) is 12.7. The summed E-state index contributed by atoms with van der Waals surface area (Å²) < 4.78 is 29.5. The van der Waals surface area contributed by atoms with Crippen LogP contribution in [0.1, 0.15) is 30.7 Å². The molecule has 3 heterocycles. The van der Waals surface area contributed by atoms with Gasteiger partial charge in [-0.1, -0.05) is 0 Å². The molecule has 1 aromatic heterocycles. The molecule has 2 unspecified atom stereocenters. The third-order valence-corrected chi connectivity index (χ3v) is 6.30. The largest absolute Gasteiger partial charge is 0.377 e. The number of aromatic nitrogens is 2. The lowest BCUT2D eigenvalue weighted by molar-refractivity contribution is 0.0985. The quantitative estimate of drug-likeness (QED) is 0.841. The summed E-state index contributed by atoms with van der Waals surface area (Å²) in [4.78, 5) is 20.4. The monoisotopic (exact) mass is 313 g/mol. The Hall–Kier alpha value is -1.41. The average molecular weight is 313 g/mol. The van der Waals surface area contributed by atoms with Crippen LogP contribution in [0.3, 0.4) is 0 Å². The van der Waals surface area contributed by atoms with Crippen molar-refractivity contribution in [3.63, 3.8) is 0 Å². The van der Waals surface area contributed by atoms with Crippen LogP contribution in [0.5, 0.6) is 0 Å². The van der Waals surface area contributed by atoms with Gasteiger partial charge in [0.1, 0.15) is 11.1 Å². The normalized spacial score (nSPS) is 28.7. The molecule has 0 bridgehead atoms. The van der Waals surface area contributed by atoms with Gasteiger partial charge in [0.2, 0.25) is 0 Å². The third-order valence-electron chi connectivity index (χ3n) is 4.09. The smallest absolute Gasteiger partial charge is 0.347 e. The number of H-pyrrole nitrogens is 1. The predicted molar refractivity (Wildman–Crippen MR) is 78.2 cm³/mol. The van der Waals surface area contributed by atoms with Gasteiger partial charge in [0.05, 0.1) is 25.0 Å². The predicted octanol–water partition coefficient (Wildman–Crippen LogP) is 0.245. The van der Waals surface area contributed by atoms with Gasteiger partial charge in [-0.3, -0.25) is 0 Å². The topological polar surface area (TPSA) is 92.4 Å². The number of hydrogen-bond donors (Lipinski definition) is 1. The molecule has 7 nitrogen and oxygen atoms in total. The molecular formula is C13H19N3O4S. The number of hydrogen-bond acceptors (Lipinski definition) is 6. The minimum atomic E-state index is -3.16. The molecule has 3 rings (SSSR count). The van der Waals surface area contributed by atoms with E-state index in [-0.39, 0.29) is 11.8 Å². The van der Waals surface area contributed by atoms with Crippen LogP contribution in [0.2, 0.25) is 0 Å². The standard InChI is InChI=1S/C13H19N3O4S/c1-9-8-20-5-4-16(9)12-7-10(14-13(17)15-12)11-3-2-6-21(11,18)19/h7,9,11H,2-6,8H2,1H3,(H,14,15,17). The first-order valence-electron chi connectivity index (χ1n) is 7.14. The van der Waals surface area contributed by atoms with Gasteiger partial charge in [0.15, 0.2) is 9.84 Å². The van der Waals surface area contributed by atoms with E-state index in [0.29, 0.717) is 44.1 Å². The molecule has 2 saturated heterocycles. The van der Waals surface area contributed by atoms with Gasteiger partial charge in [0, 0.05) is 18.3 Å². The van der Waals surface area contributed by atoms with E-state index in [0.717, 1.165) is 0 Å². The van der Waals surface area contributed by atoms with Crippen LogP contribution < -0.4 is 10.6 Å². The number of rotatable bonds is 2. The number of morpholine rings is 1. The van der Waals surface area contributed by atoms with Crippen molar-refractivity contribution in [1.82, 2.24) is 9.97 Å². The van der Waals surface area contributed by atoms with Crippen LogP contribution in [0, 0.1) is 0 Å². The van der Waals surface area contributed by atoms with Gasteiger partial charge in [0.25, 0.3) is 0 Å². The van der Waals surface area contributed by atoms with Crippen molar-refractivity contribution >= 4 is 15.7 Å². The number of nitrogens with zero attached hydrogens (tertiary/aromatic N) is 2. The lowest BCUT2D eigenvalue weighted by atomic mass is 10.2. The molecule has 2 fully saturated rings. The second-order valence-electron chi connectivity index (χ2n) is 5.62. The molecule has 116 valence electrons. The van der Waals surface area contributed by atoms with Crippen molar-refractivity contribution < 1.29 is 13.2 Å². The van der Waals surface area contributed by atoms with Crippen molar-refractivity contribution in [2.45, 2.75) is 31.1 Å². The summed E-state index contributed by atoms with van der Waals surface area (Å²) in [7, 11) is -3.16. The van der Waals surface area contributed by atoms with Crippen molar-refractivity contribution in [3.05, 3.63) is 22.2 Å². The lowest BCUT2D eigenvalue weighted by Crippen LogP contribution is -2.44. The Morgan fingerprint density at radius 3 is 2.95 bits per heavy atom. The maximum absolute atomic E-state index is 12.0. The highest BCUT2D eigenvalue weighted by atomic mass is 32.2. The second kappa shape index (κ2) is 5.42.